The topological polar surface area (TPSA) is 92.5 Å². The molecular weight excluding hydrogens is 258 g/mol. The third kappa shape index (κ3) is 2.28. The van der Waals surface area contributed by atoms with E-state index in [1.54, 1.807) is 12.1 Å². The largest absolute Gasteiger partial charge is 0.397 e. The number of halogens is 1. The molecule has 18 heavy (non-hydrogen) atoms. The van der Waals surface area contributed by atoms with Gasteiger partial charge in [0.05, 0.1) is 16.3 Å². The number of para-hydroxylation sites is 1. The number of nitrogens with zero attached hydrogens (tertiary/aromatic N) is 1. The molecule has 94 valence electrons. The standard InChI is InChI=1S/C11H10ClN3O3/c12-7-3-1-2-6(10(7)13)11(18)15-4-8(16)14-9(17)5-15/h1-3H,4-5,13H2,(H,14,16,17). The Kier molecular flexibility index (Phi) is 3.20. The van der Waals surface area contributed by atoms with E-state index in [0.717, 1.165) is 4.90 Å². The van der Waals surface area contributed by atoms with Crippen molar-refractivity contribution < 1.29 is 14.4 Å². The molecule has 1 aliphatic rings. The monoisotopic (exact) mass is 267 g/mol. The quantitative estimate of drug-likeness (QED) is 0.554. The molecule has 0 aromatic heterocycles. The van der Waals surface area contributed by atoms with Gasteiger partial charge in [-0.2, -0.15) is 0 Å². The van der Waals surface area contributed by atoms with E-state index >= 15 is 0 Å². The van der Waals surface area contributed by atoms with Crippen LogP contribution in [0.5, 0.6) is 0 Å². The van der Waals surface area contributed by atoms with Crippen molar-refractivity contribution in [2.45, 2.75) is 0 Å². The predicted octanol–water partition coefficient (Wildman–Crippen LogP) is 0.0208. The number of nitrogens with one attached hydrogen (secondary N) is 1. The van der Waals surface area contributed by atoms with Crippen LogP contribution in [0.15, 0.2) is 18.2 Å². The van der Waals surface area contributed by atoms with Crippen molar-refractivity contribution in [3.05, 3.63) is 28.8 Å². The van der Waals surface area contributed by atoms with Gasteiger partial charge >= 0.3 is 0 Å². The van der Waals surface area contributed by atoms with Gasteiger partial charge in [-0.3, -0.25) is 19.7 Å². The minimum Gasteiger partial charge on any atom is -0.397 e. The van der Waals surface area contributed by atoms with E-state index in [9.17, 15) is 14.4 Å². The van der Waals surface area contributed by atoms with Gasteiger partial charge in [0.1, 0.15) is 13.1 Å². The van der Waals surface area contributed by atoms with Crippen LogP contribution in [0.4, 0.5) is 5.69 Å². The first kappa shape index (κ1) is 12.4. The lowest BCUT2D eigenvalue weighted by atomic mass is 10.1. The lowest BCUT2D eigenvalue weighted by molar-refractivity contribution is -0.135. The van der Waals surface area contributed by atoms with Crippen LogP contribution in [0.3, 0.4) is 0 Å². The third-order valence-electron chi connectivity index (χ3n) is 2.52. The second kappa shape index (κ2) is 4.66. The molecule has 0 unspecified atom stereocenters. The van der Waals surface area contributed by atoms with Crippen molar-refractivity contribution in [3.8, 4) is 0 Å². The van der Waals surface area contributed by atoms with Crippen LogP contribution >= 0.6 is 11.6 Å². The second-order valence-corrected chi connectivity index (χ2v) is 4.24. The fraction of sp³-hybridized carbons (Fsp3) is 0.182. The molecule has 0 aliphatic carbocycles. The molecule has 1 aromatic rings. The number of hydrogen-bond acceptors (Lipinski definition) is 4. The number of carbonyl (C=O) groups is 3. The molecule has 1 fully saturated rings. The number of imide groups is 1. The number of benzene rings is 1. The molecule has 0 saturated carbocycles. The molecule has 1 heterocycles. The highest BCUT2D eigenvalue weighted by Gasteiger charge is 2.28. The minimum atomic E-state index is -0.514. The van der Waals surface area contributed by atoms with Gasteiger partial charge < -0.3 is 10.6 Å². The van der Waals surface area contributed by atoms with Crippen molar-refractivity contribution >= 4 is 35.0 Å². The first-order chi connectivity index (χ1) is 8.49. The van der Waals surface area contributed by atoms with Crippen LogP contribution < -0.4 is 11.1 Å². The smallest absolute Gasteiger partial charge is 0.256 e. The maximum absolute atomic E-state index is 12.1. The molecule has 0 spiro atoms. The summed E-state index contributed by atoms with van der Waals surface area (Å²) in [4.78, 5) is 35.6. The van der Waals surface area contributed by atoms with Crippen LogP contribution in [0.25, 0.3) is 0 Å². The molecule has 0 radical (unpaired) electrons. The van der Waals surface area contributed by atoms with Crippen molar-refractivity contribution in [3.63, 3.8) is 0 Å². The maximum atomic E-state index is 12.1. The Bertz CT molecular complexity index is 528. The van der Waals surface area contributed by atoms with Gasteiger partial charge in [-0.25, -0.2) is 0 Å². The van der Waals surface area contributed by atoms with Gasteiger partial charge in [0.25, 0.3) is 5.91 Å². The zero-order valence-electron chi connectivity index (χ0n) is 9.27. The number of nitrogens with two attached hydrogens (primary N) is 1. The zero-order valence-corrected chi connectivity index (χ0v) is 10.0. The number of amides is 3. The van der Waals surface area contributed by atoms with Gasteiger partial charge in [0.2, 0.25) is 11.8 Å². The number of hydrogen-bond donors (Lipinski definition) is 2. The highest BCUT2D eigenvalue weighted by Crippen LogP contribution is 2.23. The average Bonchev–Trinajstić information content (AvgIpc) is 2.30. The summed E-state index contributed by atoms with van der Waals surface area (Å²) in [6.45, 7) is -0.340. The Hall–Kier alpha value is -2.08. The molecule has 1 aliphatic heterocycles. The van der Waals surface area contributed by atoms with Gasteiger partial charge in [-0.05, 0) is 12.1 Å². The van der Waals surface area contributed by atoms with E-state index in [1.165, 1.54) is 6.07 Å². The maximum Gasteiger partial charge on any atom is 0.256 e. The molecule has 6 nitrogen and oxygen atoms in total. The van der Waals surface area contributed by atoms with E-state index < -0.39 is 17.7 Å². The third-order valence-corrected chi connectivity index (χ3v) is 2.85. The fourth-order valence-electron chi connectivity index (χ4n) is 1.67. The van der Waals surface area contributed by atoms with E-state index in [2.05, 4.69) is 5.32 Å². The van der Waals surface area contributed by atoms with Crippen LogP contribution in [0.1, 0.15) is 10.4 Å². The number of anilines is 1. The van der Waals surface area contributed by atoms with Crippen molar-refractivity contribution in [1.82, 2.24) is 10.2 Å². The van der Waals surface area contributed by atoms with E-state index in [0.29, 0.717) is 0 Å². The number of rotatable bonds is 1. The molecule has 3 N–H and O–H groups in total. The Morgan fingerprint density at radius 1 is 1.28 bits per heavy atom. The summed E-state index contributed by atoms with van der Waals surface area (Å²) in [6, 6.07) is 4.64. The Labute approximate surface area is 108 Å². The normalized spacial score (nSPS) is 15.5. The van der Waals surface area contributed by atoms with Gasteiger partial charge in [0, 0.05) is 0 Å². The summed E-state index contributed by atoms with van der Waals surface area (Å²) < 4.78 is 0. The van der Waals surface area contributed by atoms with Crippen molar-refractivity contribution in [1.29, 1.82) is 0 Å². The number of piperazine rings is 1. The number of carbonyl (C=O) groups excluding carboxylic acids is 3. The Morgan fingerprint density at radius 3 is 2.50 bits per heavy atom. The molecule has 1 saturated heterocycles. The lowest BCUT2D eigenvalue weighted by Gasteiger charge is -2.25. The molecular formula is C11H10ClN3O3. The minimum absolute atomic E-state index is 0.141. The van der Waals surface area contributed by atoms with Crippen molar-refractivity contribution in [2.75, 3.05) is 18.8 Å². The highest BCUT2D eigenvalue weighted by atomic mass is 35.5. The predicted molar refractivity (Wildman–Crippen MR) is 64.9 cm³/mol. The van der Waals surface area contributed by atoms with E-state index in [1.807, 2.05) is 0 Å². The fourth-order valence-corrected chi connectivity index (χ4v) is 1.85. The zero-order chi connectivity index (χ0) is 13.3. The van der Waals surface area contributed by atoms with Gasteiger partial charge in [-0.15, -0.1) is 0 Å². The van der Waals surface area contributed by atoms with Crippen molar-refractivity contribution in [2.24, 2.45) is 0 Å². The SMILES string of the molecule is Nc1c(Cl)cccc1C(=O)N1CC(=O)NC(=O)C1. The summed E-state index contributed by atoms with van der Waals surface area (Å²) in [6.07, 6.45) is 0. The molecule has 3 amide bonds. The molecule has 1 aromatic carbocycles. The van der Waals surface area contributed by atoms with Crippen LogP contribution in [-0.2, 0) is 9.59 Å². The average molecular weight is 268 g/mol. The molecule has 0 bridgehead atoms. The Balaban J connectivity index is 2.28. The molecule has 2 rings (SSSR count). The van der Waals surface area contributed by atoms with Gasteiger partial charge in [0.15, 0.2) is 0 Å². The lowest BCUT2D eigenvalue weighted by Crippen LogP contribution is -2.53. The first-order valence-electron chi connectivity index (χ1n) is 5.15. The van der Waals surface area contributed by atoms with Crippen LogP contribution in [0.2, 0.25) is 5.02 Å². The summed E-state index contributed by atoms with van der Waals surface area (Å²) >= 11 is 5.81. The molecule has 0 atom stereocenters. The van der Waals surface area contributed by atoms with E-state index in [-0.39, 0.29) is 29.4 Å². The summed E-state index contributed by atoms with van der Waals surface area (Å²) in [5.41, 5.74) is 6.02. The van der Waals surface area contributed by atoms with Crippen LogP contribution in [-0.4, -0.2) is 35.7 Å². The second-order valence-electron chi connectivity index (χ2n) is 3.83. The molecule has 7 heteroatoms. The number of nitrogen functional groups attached to an aromatic ring is 1. The summed E-state index contributed by atoms with van der Waals surface area (Å²) in [5, 5.41) is 2.37. The Morgan fingerprint density at radius 2 is 1.89 bits per heavy atom. The van der Waals surface area contributed by atoms with Crippen LogP contribution in [0, 0.1) is 0 Å². The highest BCUT2D eigenvalue weighted by molar-refractivity contribution is 6.34. The summed E-state index contributed by atoms with van der Waals surface area (Å²) in [5.74, 6) is -1.52. The van der Waals surface area contributed by atoms with Gasteiger partial charge in [-0.1, -0.05) is 17.7 Å². The van der Waals surface area contributed by atoms with E-state index in [4.69, 9.17) is 17.3 Å². The summed E-state index contributed by atoms with van der Waals surface area (Å²) in [7, 11) is 0. The first-order valence-corrected chi connectivity index (χ1v) is 5.53.